The summed E-state index contributed by atoms with van der Waals surface area (Å²) in [5, 5.41) is 11.8. The van der Waals surface area contributed by atoms with E-state index in [1.807, 2.05) is 18.2 Å². The molecule has 1 aromatic carbocycles. The predicted octanol–water partition coefficient (Wildman–Crippen LogP) is 1.01. The highest BCUT2D eigenvalue weighted by Gasteiger charge is 2.08. The summed E-state index contributed by atoms with van der Waals surface area (Å²) in [5.74, 6) is 0.830. The number of rotatable bonds is 6. The molecule has 0 aliphatic heterocycles. The first kappa shape index (κ1) is 14.0. The SMILES string of the molecule is Cc1ccc(OC[C@@H](O)C[NH2+]C(C)C)cc1C. The zero-order valence-corrected chi connectivity index (χ0v) is 11.2. The Bertz CT molecular complexity index is 350. The molecule has 1 rings (SSSR count). The van der Waals surface area contributed by atoms with Crippen LogP contribution in [-0.4, -0.2) is 30.4 Å². The van der Waals surface area contributed by atoms with Crippen molar-refractivity contribution in [2.75, 3.05) is 13.2 Å². The van der Waals surface area contributed by atoms with Crippen LogP contribution < -0.4 is 10.1 Å². The Morgan fingerprint density at radius 1 is 1.24 bits per heavy atom. The van der Waals surface area contributed by atoms with Gasteiger partial charge >= 0.3 is 0 Å². The van der Waals surface area contributed by atoms with E-state index in [1.54, 1.807) is 0 Å². The maximum Gasteiger partial charge on any atom is 0.137 e. The number of quaternary nitrogens is 1. The standard InChI is InChI=1S/C14H23NO2/c1-10(2)15-8-13(16)9-17-14-6-5-11(3)12(4)7-14/h5-7,10,13,15-16H,8-9H2,1-4H3/p+1/t13-/m0/s1. The summed E-state index contributed by atoms with van der Waals surface area (Å²) in [6, 6.07) is 6.50. The van der Waals surface area contributed by atoms with Gasteiger partial charge in [0.15, 0.2) is 0 Å². The summed E-state index contributed by atoms with van der Waals surface area (Å²) >= 11 is 0. The van der Waals surface area contributed by atoms with E-state index in [0.29, 0.717) is 19.2 Å². The molecule has 0 aliphatic rings. The van der Waals surface area contributed by atoms with Gasteiger partial charge in [-0.3, -0.25) is 0 Å². The molecule has 0 aliphatic carbocycles. The molecule has 0 saturated carbocycles. The van der Waals surface area contributed by atoms with Crippen LogP contribution in [0.4, 0.5) is 0 Å². The monoisotopic (exact) mass is 238 g/mol. The summed E-state index contributed by atoms with van der Waals surface area (Å²) in [5.41, 5.74) is 2.47. The summed E-state index contributed by atoms with van der Waals surface area (Å²) in [7, 11) is 0. The summed E-state index contributed by atoms with van der Waals surface area (Å²) in [6.45, 7) is 9.39. The fraction of sp³-hybridized carbons (Fsp3) is 0.571. The first-order valence-corrected chi connectivity index (χ1v) is 6.20. The van der Waals surface area contributed by atoms with Crippen LogP contribution in [0, 0.1) is 13.8 Å². The highest BCUT2D eigenvalue weighted by atomic mass is 16.5. The van der Waals surface area contributed by atoms with Crippen molar-refractivity contribution < 1.29 is 15.2 Å². The Morgan fingerprint density at radius 3 is 2.53 bits per heavy atom. The summed E-state index contributed by atoms with van der Waals surface area (Å²) in [6.07, 6.45) is -0.418. The fourth-order valence-corrected chi connectivity index (χ4v) is 1.49. The quantitative estimate of drug-likeness (QED) is 0.777. The van der Waals surface area contributed by atoms with Crippen molar-refractivity contribution in [1.82, 2.24) is 0 Å². The van der Waals surface area contributed by atoms with Crippen LogP contribution >= 0.6 is 0 Å². The number of nitrogens with two attached hydrogens (primary N) is 1. The minimum Gasteiger partial charge on any atom is -0.491 e. The molecule has 0 saturated heterocycles. The van der Waals surface area contributed by atoms with E-state index >= 15 is 0 Å². The van der Waals surface area contributed by atoms with Crippen LogP contribution in [0.5, 0.6) is 5.75 Å². The third kappa shape index (κ3) is 5.20. The van der Waals surface area contributed by atoms with Gasteiger partial charge in [0.25, 0.3) is 0 Å². The van der Waals surface area contributed by atoms with Crippen molar-refractivity contribution >= 4 is 0 Å². The Labute approximate surface area is 104 Å². The summed E-state index contributed by atoms with van der Waals surface area (Å²) < 4.78 is 5.57. The number of benzene rings is 1. The molecular weight excluding hydrogens is 214 g/mol. The van der Waals surface area contributed by atoms with Gasteiger partial charge in [-0.1, -0.05) is 6.07 Å². The maximum atomic E-state index is 9.73. The topological polar surface area (TPSA) is 46.1 Å². The van der Waals surface area contributed by atoms with Crippen LogP contribution in [-0.2, 0) is 0 Å². The molecule has 0 unspecified atom stereocenters. The molecule has 3 N–H and O–H groups in total. The second-order valence-corrected chi connectivity index (χ2v) is 4.93. The molecule has 0 fully saturated rings. The lowest BCUT2D eigenvalue weighted by Gasteiger charge is -2.13. The van der Waals surface area contributed by atoms with Crippen molar-refractivity contribution in [3.8, 4) is 5.75 Å². The minimum atomic E-state index is -0.418. The van der Waals surface area contributed by atoms with Crippen LogP contribution in [0.2, 0.25) is 0 Å². The van der Waals surface area contributed by atoms with Gasteiger partial charge in [0.2, 0.25) is 0 Å². The maximum absolute atomic E-state index is 9.73. The van der Waals surface area contributed by atoms with Gasteiger partial charge in [-0.05, 0) is 51.0 Å². The molecule has 1 atom stereocenters. The molecule has 17 heavy (non-hydrogen) atoms. The average Bonchev–Trinajstić information content (AvgIpc) is 2.28. The van der Waals surface area contributed by atoms with E-state index in [2.05, 4.69) is 33.0 Å². The Morgan fingerprint density at radius 2 is 1.94 bits per heavy atom. The molecule has 96 valence electrons. The third-order valence-corrected chi connectivity index (χ3v) is 2.80. The second kappa shape index (κ2) is 6.62. The number of hydrogen-bond acceptors (Lipinski definition) is 2. The predicted molar refractivity (Wildman–Crippen MR) is 69.3 cm³/mol. The molecule has 0 aromatic heterocycles. The number of aliphatic hydroxyl groups excluding tert-OH is 1. The highest BCUT2D eigenvalue weighted by molar-refractivity contribution is 5.33. The van der Waals surface area contributed by atoms with Gasteiger partial charge in [-0.25, -0.2) is 0 Å². The molecule has 0 bridgehead atoms. The zero-order valence-electron chi connectivity index (χ0n) is 11.2. The van der Waals surface area contributed by atoms with E-state index in [9.17, 15) is 5.11 Å². The largest absolute Gasteiger partial charge is 0.491 e. The smallest absolute Gasteiger partial charge is 0.137 e. The molecular formula is C14H24NO2+. The number of aliphatic hydroxyl groups is 1. The first-order valence-electron chi connectivity index (χ1n) is 6.20. The van der Waals surface area contributed by atoms with E-state index in [4.69, 9.17) is 4.74 Å². The van der Waals surface area contributed by atoms with Gasteiger partial charge in [0.1, 0.15) is 25.0 Å². The number of hydrogen-bond donors (Lipinski definition) is 2. The zero-order chi connectivity index (χ0) is 12.8. The molecule has 0 spiro atoms. The van der Waals surface area contributed by atoms with Gasteiger partial charge in [-0.2, -0.15) is 0 Å². The van der Waals surface area contributed by atoms with Gasteiger partial charge < -0.3 is 15.2 Å². The lowest BCUT2D eigenvalue weighted by Crippen LogP contribution is -2.90. The average molecular weight is 238 g/mol. The Hall–Kier alpha value is -1.06. The minimum absolute atomic E-state index is 0.353. The van der Waals surface area contributed by atoms with Crippen molar-refractivity contribution in [3.05, 3.63) is 29.3 Å². The van der Waals surface area contributed by atoms with E-state index in [0.717, 1.165) is 5.75 Å². The molecule has 1 aromatic rings. The van der Waals surface area contributed by atoms with Crippen molar-refractivity contribution in [1.29, 1.82) is 0 Å². The molecule has 3 nitrogen and oxygen atoms in total. The van der Waals surface area contributed by atoms with Gasteiger partial charge in [0, 0.05) is 0 Å². The fourth-order valence-electron chi connectivity index (χ4n) is 1.49. The normalized spacial score (nSPS) is 12.8. The molecule has 3 heteroatoms. The second-order valence-electron chi connectivity index (χ2n) is 4.93. The third-order valence-electron chi connectivity index (χ3n) is 2.80. The highest BCUT2D eigenvalue weighted by Crippen LogP contribution is 2.16. The molecule has 0 amide bonds. The van der Waals surface area contributed by atoms with Crippen LogP contribution in [0.25, 0.3) is 0 Å². The van der Waals surface area contributed by atoms with E-state index in [1.165, 1.54) is 11.1 Å². The first-order chi connectivity index (χ1) is 7.99. The van der Waals surface area contributed by atoms with Crippen LogP contribution in [0.1, 0.15) is 25.0 Å². The van der Waals surface area contributed by atoms with Gasteiger partial charge in [-0.15, -0.1) is 0 Å². The molecule has 0 radical (unpaired) electrons. The Kier molecular flexibility index (Phi) is 5.45. The van der Waals surface area contributed by atoms with Crippen LogP contribution in [0.15, 0.2) is 18.2 Å². The number of ether oxygens (including phenoxy) is 1. The van der Waals surface area contributed by atoms with Crippen molar-refractivity contribution in [3.63, 3.8) is 0 Å². The number of aryl methyl sites for hydroxylation is 2. The Balaban J connectivity index is 2.36. The van der Waals surface area contributed by atoms with Gasteiger partial charge in [0.05, 0.1) is 6.04 Å². The van der Waals surface area contributed by atoms with Crippen molar-refractivity contribution in [2.45, 2.75) is 39.8 Å². The van der Waals surface area contributed by atoms with Crippen LogP contribution in [0.3, 0.4) is 0 Å². The van der Waals surface area contributed by atoms with Crippen molar-refractivity contribution in [2.24, 2.45) is 0 Å². The van der Waals surface area contributed by atoms with E-state index in [-0.39, 0.29) is 0 Å². The lowest BCUT2D eigenvalue weighted by molar-refractivity contribution is -0.688. The molecule has 0 heterocycles. The lowest BCUT2D eigenvalue weighted by atomic mass is 10.1. The van der Waals surface area contributed by atoms with E-state index < -0.39 is 6.10 Å². The summed E-state index contributed by atoms with van der Waals surface area (Å²) in [4.78, 5) is 0.